The molecule has 0 saturated heterocycles. The number of carbonyl (C=O) groups excluding carboxylic acids is 2. The Morgan fingerprint density at radius 3 is 2.21 bits per heavy atom. The number of carbonyl (C=O) groups is 2. The summed E-state index contributed by atoms with van der Waals surface area (Å²) in [6.45, 7) is 0. The zero-order valence-corrected chi connectivity index (χ0v) is 16.2. The molecule has 0 fully saturated rings. The third kappa shape index (κ3) is 3.71. The SMILES string of the molecule is O=C(C1=C(c2ccccc2)N(c2ccc(F)cc2)C(=O)CC1)c1ccccc1Cl. The Bertz CT molecular complexity index is 1110. The molecule has 1 aliphatic heterocycles. The van der Waals surface area contributed by atoms with Gasteiger partial charge in [-0.3, -0.25) is 14.5 Å². The van der Waals surface area contributed by atoms with E-state index in [1.165, 1.54) is 17.0 Å². The zero-order valence-electron chi connectivity index (χ0n) is 15.4. The second-order valence-electron chi connectivity index (χ2n) is 6.71. The molecule has 1 aliphatic rings. The van der Waals surface area contributed by atoms with Crippen LogP contribution in [0.25, 0.3) is 5.70 Å². The Balaban J connectivity index is 1.94. The van der Waals surface area contributed by atoms with Crippen LogP contribution in [0.1, 0.15) is 28.8 Å². The van der Waals surface area contributed by atoms with Crippen LogP contribution in [0.5, 0.6) is 0 Å². The quantitative estimate of drug-likeness (QED) is 0.507. The molecule has 4 rings (SSSR count). The predicted molar refractivity (Wildman–Crippen MR) is 112 cm³/mol. The normalized spacial score (nSPS) is 14.3. The number of allylic oxidation sites excluding steroid dienone is 1. The summed E-state index contributed by atoms with van der Waals surface area (Å²) in [5, 5.41) is 0.364. The van der Waals surface area contributed by atoms with Crippen LogP contribution in [-0.4, -0.2) is 11.7 Å². The molecule has 0 bridgehead atoms. The number of amides is 1. The van der Waals surface area contributed by atoms with Gasteiger partial charge in [0.2, 0.25) is 5.91 Å². The summed E-state index contributed by atoms with van der Waals surface area (Å²) >= 11 is 6.27. The minimum absolute atomic E-state index is 0.147. The maximum atomic E-state index is 13.5. The molecule has 5 heteroatoms. The smallest absolute Gasteiger partial charge is 0.231 e. The molecule has 0 radical (unpaired) electrons. The van der Waals surface area contributed by atoms with Crippen LogP contribution >= 0.6 is 11.6 Å². The number of hydrogen-bond acceptors (Lipinski definition) is 2. The summed E-state index contributed by atoms with van der Waals surface area (Å²) < 4.78 is 13.5. The van der Waals surface area contributed by atoms with Crippen molar-refractivity contribution >= 4 is 34.7 Å². The summed E-state index contributed by atoms with van der Waals surface area (Å²) in [7, 11) is 0. The van der Waals surface area contributed by atoms with Crippen molar-refractivity contribution in [3.8, 4) is 0 Å². The first kappa shape index (κ1) is 19.1. The number of anilines is 1. The topological polar surface area (TPSA) is 37.4 Å². The van der Waals surface area contributed by atoms with Crippen LogP contribution in [0.3, 0.4) is 0 Å². The first-order valence-electron chi connectivity index (χ1n) is 9.22. The summed E-state index contributed by atoms with van der Waals surface area (Å²) in [4.78, 5) is 27.8. The zero-order chi connectivity index (χ0) is 20.4. The molecule has 3 nitrogen and oxygen atoms in total. The minimum atomic E-state index is -0.393. The van der Waals surface area contributed by atoms with Crippen LogP contribution in [0, 0.1) is 5.82 Å². The number of Topliss-reactive ketones (excluding diaryl/α,β-unsaturated/α-hetero) is 1. The molecular weight excluding hydrogens is 389 g/mol. The number of ketones is 1. The Kier molecular flexibility index (Phi) is 5.28. The van der Waals surface area contributed by atoms with E-state index in [4.69, 9.17) is 11.6 Å². The molecule has 0 saturated carbocycles. The second-order valence-corrected chi connectivity index (χ2v) is 7.11. The van der Waals surface area contributed by atoms with Gasteiger partial charge in [0.1, 0.15) is 5.82 Å². The first-order chi connectivity index (χ1) is 14.1. The molecule has 0 unspecified atom stereocenters. The highest BCUT2D eigenvalue weighted by atomic mass is 35.5. The van der Waals surface area contributed by atoms with Crippen molar-refractivity contribution in [1.82, 2.24) is 0 Å². The van der Waals surface area contributed by atoms with Gasteiger partial charge < -0.3 is 0 Å². The Morgan fingerprint density at radius 2 is 1.52 bits per heavy atom. The number of benzene rings is 3. The maximum absolute atomic E-state index is 13.5. The fourth-order valence-electron chi connectivity index (χ4n) is 3.51. The lowest BCUT2D eigenvalue weighted by atomic mass is 9.90. The highest BCUT2D eigenvalue weighted by Gasteiger charge is 2.32. The van der Waals surface area contributed by atoms with Gasteiger partial charge in [0.05, 0.1) is 10.7 Å². The maximum Gasteiger partial charge on any atom is 0.231 e. The summed E-state index contributed by atoms with van der Waals surface area (Å²) in [5.74, 6) is -0.754. The van der Waals surface area contributed by atoms with Crippen molar-refractivity contribution < 1.29 is 14.0 Å². The molecule has 0 spiro atoms. The van der Waals surface area contributed by atoms with Crippen molar-refractivity contribution in [1.29, 1.82) is 0 Å². The van der Waals surface area contributed by atoms with E-state index in [2.05, 4.69) is 0 Å². The van der Waals surface area contributed by atoms with Crippen LogP contribution in [0.4, 0.5) is 10.1 Å². The van der Waals surface area contributed by atoms with Crippen LogP contribution < -0.4 is 4.90 Å². The summed E-state index contributed by atoms with van der Waals surface area (Å²) in [6.07, 6.45) is 0.490. The molecule has 0 N–H and O–H groups in total. The van der Waals surface area contributed by atoms with Gasteiger partial charge in [-0.2, -0.15) is 0 Å². The standard InChI is InChI=1S/C24H17ClFNO2/c25-21-9-5-4-8-19(21)24(29)20-14-15-22(28)27(18-12-10-17(26)11-13-18)23(20)16-6-2-1-3-7-16/h1-13H,14-15H2. The Hall–Kier alpha value is -3.24. The van der Waals surface area contributed by atoms with Gasteiger partial charge >= 0.3 is 0 Å². The first-order valence-corrected chi connectivity index (χ1v) is 9.60. The van der Waals surface area contributed by atoms with Crippen molar-refractivity contribution in [2.24, 2.45) is 0 Å². The van der Waals surface area contributed by atoms with Crippen LogP contribution in [-0.2, 0) is 4.79 Å². The molecule has 3 aromatic rings. The van der Waals surface area contributed by atoms with E-state index in [0.29, 0.717) is 34.0 Å². The lowest BCUT2D eigenvalue weighted by Gasteiger charge is -2.32. The van der Waals surface area contributed by atoms with E-state index < -0.39 is 5.82 Å². The van der Waals surface area contributed by atoms with Gasteiger partial charge in [0.25, 0.3) is 0 Å². The lowest BCUT2D eigenvalue weighted by molar-refractivity contribution is -0.118. The van der Waals surface area contributed by atoms with Gasteiger partial charge in [-0.05, 0) is 48.4 Å². The predicted octanol–water partition coefficient (Wildman–Crippen LogP) is 5.90. The van der Waals surface area contributed by atoms with Crippen LogP contribution in [0.2, 0.25) is 5.02 Å². The van der Waals surface area contributed by atoms with Crippen molar-refractivity contribution in [3.05, 3.63) is 106 Å². The van der Waals surface area contributed by atoms with Gasteiger partial charge in [-0.1, -0.05) is 54.1 Å². The van der Waals surface area contributed by atoms with Crippen molar-refractivity contribution in [2.75, 3.05) is 4.90 Å². The molecule has 0 aliphatic carbocycles. The molecule has 1 amide bonds. The molecule has 0 aromatic heterocycles. The third-order valence-corrected chi connectivity index (χ3v) is 5.20. The average molecular weight is 406 g/mol. The van der Waals surface area contributed by atoms with E-state index in [-0.39, 0.29) is 18.1 Å². The Labute approximate surface area is 173 Å². The average Bonchev–Trinajstić information content (AvgIpc) is 2.75. The van der Waals surface area contributed by atoms with Gasteiger partial charge in [0, 0.05) is 23.2 Å². The second kappa shape index (κ2) is 8.02. The summed E-state index contributed by atoms with van der Waals surface area (Å²) in [5.41, 5.74) is 2.66. The number of halogens is 2. The number of hydrogen-bond donors (Lipinski definition) is 0. The number of rotatable bonds is 4. The van der Waals surface area contributed by atoms with E-state index in [9.17, 15) is 14.0 Å². The monoisotopic (exact) mass is 405 g/mol. The lowest BCUT2D eigenvalue weighted by Crippen LogP contribution is -2.35. The number of nitrogens with zero attached hydrogens (tertiary/aromatic N) is 1. The molecule has 29 heavy (non-hydrogen) atoms. The van der Waals surface area contributed by atoms with Crippen LogP contribution in [0.15, 0.2) is 84.4 Å². The van der Waals surface area contributed by atoms with Crippen molar-refractivity contribution in [2.45, 2.75) is 12.8 Å². The van der Waals surface area contributed by atoms with E-state index in [1.54, 1.807) is 36.4 Å². The molecule has 1 heterocycles. The molecule has 0 atom stereocenters. The van der Waals surface area contributed by atoms with E-state index in [1.807, 2.05) is 30.3 Å². The van der Waals surface area contributed by atoms with Gasteiger partial charge in [-0.15, -0.1) is 0 Å². The largest absolute Gasteiger partial charge is 0.289 e. The Morgan fingerprint density at radius 1 is 0.862 bits per heavy atom. The van der Waals surface area contributed by atoms with Crippen molar-refractivity contribution in [3.63, 3.8) is 0 Å². The fraction of sp³-hybridized carbons (Fsp3) is 0.0833. The summed E-state index contributed by atoms with van der Waals surface area (Å²) in [6, 6.07) is 21.8. The molecule has 3 aromatic carbocycles. The highest BCUT2D eigenvalue weighted by molar-refractivity contribution is 6.35. The van der Waals surface area contributed by atoms with Gasteiger partial charge in [0.15, 0.2) is 5.78 Å². The van der Waals surface area contributed by atoms with E-state index >= 15 is 0 Å². The third-order valence-electron chi connectivity index (χ3n) is 4.87. The fourth-order valence-corrected chi connectivity index (χ4v) is 3.73. The van der Waals surface area contributed by atoms with E-state index in [0.717, 1.165) is 5.56 Å². The highest BCUT2D eigenvalue weighted by Crippen LogP contribution is 2.37. The minimum Gasteiger partial charge on any atom is -0.289 e. The van der Waals surface area contributed by atoms with Gasteiger partial charge in [-0.25, -0.2) is 4.39 Å². The molecule has 144 valence electrons. The molecular formula is C24H17ClFNO2.